The summed E-state index contributed by atoms with van der Waals surface area (Å²) in [7, 11) is 0. The molecule has 2 aromatic rings. The van der Waals surface area contributed by atoms with Gasteiger partial charge in [-0.1, -0.05) is 29.8 Å². The van der Waals surface area contributed by atoms with Gasteiger partial charge in [-0.15, -0.1) is 0 Å². The van der Waals surface area contributed by atoms with E-state index in [-0.39, 0.29) is 5.78 Å². The zero-order chi connectivity index (χ0) is 14.8. The molecular formula is C18H17ClO2. The molecule has 0 amide bonds. The van der Waals surface area contributed by atoms with Crippen LogP contribution in [0, 0.1) is 0 Å². The van der Waals surface area contributed by atoms with E-state index >= 15 is 0 Å². The van der Waals surface area contributed by atoms with Gasteiger partial charge in [-0.25, -0.2) is 0 Å². The lowest BCUT2D eigenvalue weighted by Crippen LogP contribution is -1.98. The Balaban J connectivity index is 1.71. The molecule has 0 saturated carbocycles. The van der Waals surface area contributed by atoms with Crippen LogP contribution in [0.2, 0.25) is 5.02 Å². The molecule has 2 nitrogen and oxygen atoms in total. The average Bonchev–Trinajstić information content (AvgIpc) is 2.93. The number of benzene rings is 2. The van der Waals surface area contributed by atoms with Crippen molar-refractivity contribution in [3.05, 3.63) is 63.7 Å². The second kappa shape index (κ2) is 5.90. The molecule has 0 aromatic heterocycles. The second-order valence-electron chi connectivity index (χ2n) is 5.45. The molecule has 0 heterocycles. The molecule has 0 fully saturated rings. The Labute approximate surface area is 129 Å². The van der Waals surface area contributed by atoms with Gasteiger partial charge < -0.3 is 4.74 Å². The average molecular weight is 301 g/mol. The molecule has 0 spiro atoms. The zero-order valence-corrected chi connectivity index (χ0v) is 12.7. The van der Waals surface area contributed by atoms with Gasteiger partial charge in [0.1, 0.15) is 12.4 Å². The van der Waals surface area contributed by atoms with Gasteiger partial charge in [0.05, 0.1) is 5.02 Å². The first kappa shape index (κ1) is 14.2. The van der Waals surface area contributed by atoms with Gasteiger partial charge in [0.25, 0.3) is 0 Å². The van der Waals surface area contributed by atoms with Gasteiger partial charge in [0, 0.05) is 5.56 Å². The molecular weight excluding hydrogens is 284 g/mol. The number of Topliss-reactive ketones (excluding diaryl/α,β-unsaturated/α-hetero) is 1. The number of aryl methyl sites for hydroxylation is 2. The molecule has 3 rings (SSSR count). The normalized spacial score (nSPS) is 13.0. The summed E-state index contributed by atoms with van der Waals surface area (Å²) in [4.78, 5) is 11.3. The smallest absolute Gasteiger partial charge is 0.159 e. The number of carbonyl (C=O) groups excluding carboxylic acids is 1. The van der Waals surface area contributed by atoms with Crippen LogP contribution in [0.1, 0.15) is 40.4 Å². The summed E-state index contributed by atoms with van der Waals surface area (Å²) in [6.45, 7) is 2.02. The maximum atomic E-state index is 11.3. The monoisotopic (exact) mass is 300 g/mol. The third-order valence-corrected chi connectivity index (χ3v) is 4.19. The van der Waals surface area contributed by atoms with Gasteiger partial charge in [0.2, 0.25) is 0 Å². The van der Waals surface area contributed by atoms with Gasteiger partial charge in [-0.3, -0.25) is 4.79 Å². The van der Waals surface area contributed by atoms with E-state index in [0.717, 1.165) is 12.0 Å². The van der Waals surface area contributed by atoms with E-state index in [4.69, 9.17) is 16.3 Å². The van der Waals surface area contributed by atoms with Crippen LogP contribution in [0.5, 0.6) is 5.75 Å². The van der Waals surface area contributed by atoms with Crippen molar-refractivity contribution in [3.63, 3.8) is 0 Å². The molecule has 1 aliphatic carbocycles. The first-order valence-electron chi connectivity index (χ1n) is 7.17. The van der Waals surface area contributed by atoms with Gasteiger partial charge in [-0.05, 0) is 61.1 Å². The Kier molecular flexibility index (Phi) is 3.98. The minimum Gasteiger partial charge on any atom is -0.487 e. The molecule has 0 saturated heterocycles. The highest BCUT2D eigenvalue weighted by Gasteiger charge is 2.11. The lowest BCUT2D eigenvalue weighted by Gasteiger charge is -2.10. The fourth-order valence-electron chi connectivity index (χ4n) is 2.71. The summed E-state index contributed by atoms with van der Waals surface area (Å²) in [6.07, 6.45) is 3.60. The first-order valence-corrected chi connectivity index (χ1v) is 7.55. The largest absolute Gasteiger partial charge is 0.487 e. The highest BCUT2D eigenvalue weighted by atomic mass is 35.5. The van der Waals surface area contributed by atoms with Crippen molar-refractivity contribution < 1.29 is 9.53 Å². The van der Waals surface area contributed by atoms with Crippen LogP contribution >= 0.6 is 11.6 Å². The van der Waals surface area contributed by atoms with E-state index in [1.807, 2.05) is 0 Å². The number of ketones is 1. The Bertz CT molecular complexity index is 692. The van der Waals surface area contributed by atoms with Crippen LogP contribution in [0.15, 0.2) is 36.4 Å². The van der Waals surface area contributed by atoms with Crippen molar-refractivity contribution in [1.29, 1.82) is 0 Å². The molecule has 0 aliphatic heterocycles. The number of hydrogen-bond donors (Lipinski definition) is 0. The quantitative estimate of drug-likeness (QED) is 0.771. The number of ether oxygens (including phenoxy) is 1. The van der Waals surface area contributed by atoms with Crippen molar-refractivity contribution in [3.8, 4) is 5.75 Å². The molecule has 0 bridgehead atoms. The zero-order valence-electron chi connectivity index (χ0n) is 12.0. The minimum absolute atomic E-state index is 0.00192. The third kappa shape index (κ3) is 3.11. The van der Waals surface area contributed by atoms with Crippen molar-refractivity contribution in [1.82, 2.24) is 0 Å². The molecule has 2 aromatic carbocycles. The third-order valence-electron chi connectivity index (χ3n) is 3.90. The Morgan fingerprint density at radius 1 is 1.14 bits per heavy atom. The maximum Gasteiger partial charge on any atom is 0.159 e. The minimum atomic E-state index is 0.00192. The van der Waals surface area contributed by atoms with Crippen LogP contribution in [-0.2, 0) is 19.4 Å². The molecule has 0 radical (unpaired) electrons. The second-order valence-corrected chi connectivity index (χ2v) is 5.85. The topological polar surface area (TPSA) is 26.3 Å². The van der Waals surface area contributed by atoms with E-state index in [1.54, 1.807) is 18.2 Å². The van der Waals surface area contributed by atoms with Crippen LogP contribution in [-0.4, -0.2) is 5.78 Å². The lowest BCUT2D eigenvalue weighted by atomic mass is 10.1. The Morgan fingerprint density at radius 3 is 2.71 bits per heavy atom. The van der Waals surface area contributed by atoms with E-state index in [1.165, 1.54) is 30.9 Å². The molecule has 0 unspecified atom stereocenters. The van der Waals surface area contributed by atoms with Gasteiger partial charge in [0.15, 0.2) is 5.78 Å². The summed E-state index contributed by atoms with van der Waals surface area (Å²) in [5.74, 6) is 0.615. The fourth-order valence-corrected chi connectivity index (χ4v) is 2.95. The van der Waals surface area contributed by atoms with Crippen LogP contribution < -0.4 is 4.74 Å². The van der Waals surface area contributed by atoms with Crippen molar-refractivity contribution in [2.45, 2.75) is 32.8 Å². The first-order chi connectivity index (χ1) is 10.1. The Hall–Kier alpha value is -1.80. The van der Waals surface area contributed by atoms with E-state index in [2.05, 4.69) is 18.2 Å². The number of fused-ring (bicyclic) bond motifs is 1. The SMILES string of the molecule is CC(=O)c1ccc(OCc2ccc3c(c2)CCC3)c(Cl)c1. The van der Waals surface area contributed by atoms with Crippen LogP contribution in [0.4, 0.5) is 0 Å². The summed E-state index contributed by atoms with van der Waals surface area (Å²) in [5.41, 5.74) is 4.66. The van der Waals surface area contributed by atoms with Gasteiger partial charge in [-0.2, -0.15) is 0 Å². The predicted octanol–water partition coefficient (Wildman–Crippen LogP) is 4.61. The summed E-state index contributed by atoms with van der Waals surface area (Å²) in [5, 5.41) is 0.476. The van der Waals surface area contributed by atoms with Crippen molar-refractivity contribution in [2.24, 2.45) is 0 Å². The molecule has 0 atom stereocenters. The molecule has 0 N–H and O–H groups in total. The number of carbonyl (C=O) groups is 1. The number of rotatable bonds is 4. The highest BCUT2D eigenvalue weighted by molar-refractivity contribution is 6.32. The number of hydrogen-bond acceptors (Lipinski definition) is 2. The van der Waals surface area contributed by atoms with E-state index in [9.17, 15) is 4.79 Å². The predicted molar refractivity (Wildman–Crippen MR) is 84.3 cm³/mol. The van der Waals surface area contributed by atoms with E-state index in [0.29, 0.717) is 22.9 Å². The van der Waals surface area contributed by atoms with Crippen LogP contribution in [0.25, 0.3) is 0 Å². The van der Waals surface area contributed by atoms with Crippen LogP contribution in [0.3, 0.4) is 0 Å². The van der Waals surface area contributed by atoms with Crippen molar-refractivity contribution in [2.75, 3.05) is 0 Å². The summed E-state index contributed by atoms with van der Waals surface area (Å²) < 4.78 is 5.77. The molecule has 21 heavy (non-hydrogen) atoms. The molecule has 108 valence electrons. The highest BCUT2D eigenvalue weighted by Crippen LogP contribution is 2.27. The Morgan fingerprint density at radius 2 is 1.95 bits per heavy atom. The van der Waals surface area contributed by atoms with Gasteiger partial charge >= 0.3 is 0 Å². The maximum absolute atomic E-state index is 11.3. The number of halogens is 1. The van der Waals surface area contributed by atoms with Crippen molar-refractivity contribution >= 4 is 17.4 Å². The van der Waals surface area contributed by atoms with E-state index < -0.39 is 0 Å². The summed E-state index contributed by atoms with van der Waals surface area (Å²) in [6, 6.07) is 11.7. The standard InChI is InChI=1S/C18H17ClO2/c1-12(20)15-7-8-18(17(19)10-15)21-11-13-5-6-14-3-2-4-16(14)9-13/h5-10H,2-4,11H2,1H3. The fraction of sp³-hybridized carbons (Fsp3) is 0.278. The lowest BCUT2D eigenvalue weighted by molar-refractivity contribution is 0.101. The molecule has 1 aliphatic rings. The molecule has 3 heteroatoms. The summed E-state index contributed by atoms with van der Waals surface area (Å²) >= 11 is 6.16.